The van der Waals surface area contributed by atoms with Crippen LogP contribution in [0.1, 0.15) is 44.6 Å². The van der Waals surface area contributed by atoms with Crippen molar-refractivity contribution in [3.05, 3.63) is 57.7 Å². The number of halogens is 1. The Bertz CT molecular complexity index is 757. The summed E-state index contributed by atoms with van der Waals surface area (Å²) in [6.45, 7) is 4.87. The van der Waals surface area contributed by atoms with E-state index in [9.17, 15) is 4.79 Å². The van der Waals surface area contributed by atoms with E-state index in [1.165, 1.54) is 32.8 Å². The molecule has 28 heavy (non-hydrogen) atoms. The summed E-state index contributed by atoms with van der Waals surface area (Å²) < 4.78 is 8.87. The van der Waals surface area contributed by atoms with Crippen molar-refractivity contribution in [2.45, 2.75) is 52.0 Å². The minimum absolute atomic E-state index is 0.112. The molecule has 2 aromatic rings. The molecule has 1 saturated heterocycles. The summed E-state index contributed by atoms with van der Waals surface area (Å²) in [4.78, 5) is 16.9. The Morgan fingerprint density at radius 3 is 2.46 bits per heavy atom. The SMILES string of the molecule is CCCCCI(C)c1ccc(N2C(=O)CCC2COc2ccc(C)cc2)cc1. The number of nitrogens with zero attached hydrogens (tertiary/aromatic N) is 1. The summed E-state index contributed by atoms with van der Waals surface area (Å²) in [7, 11) is 0. The zero-order valence-corrected chi connectivity index (χ0v) is 19.4. The van der Waals surface area contributed by atoms with Crippen molar-refractivity contribution in [1.82, 2.24) is 0 Å². The van der Waals surface area contributed by atoms with Crippen LogP contribution in [0.5, 0.6) is 5.75 Å². The summed E-state index contributed by atoms with van der Waals surface area (Å²) in [5.41, 5.74) is 2.24. The average Bonchev–Trinajstić information content (AvgIpc) is 3.08. The van der Waals surface area contributed by atoms with E-state index < -0.39 is 19.8 Å². The summed E-state index contributed by atoms with van der Waals surface area (Å²) in [6.07, 6.45) is 5.43. The van der Waals surface area contributed by atoms with E-state index in [4.69, 9.17) is 4.74 Å². The molecule has 0 radical (unpaired) electrons. The molecule has 0 N–H and O–H groups in total. The molecule has 152 valence electrons. The zero-order valence-electron chi connectivity index (χ0n) is 17.3. The van der Waals surface area contributed by atoms with Gasteiger partial charge in [0.05, 0.1) is 0 Å². The summed E-state index contributed by atoms with van der Waals surface area (Å²) in [5.74, 6) is 1.08. The van der Waals surface area contributed by atoms with E-state index in [1.54, 1.807) is 0 Å². The molecule has 2 aromatic carbocycles. The first kappa shape index (κ1) is 21.2. The monoisotopic (exact) mass is 493 g/mol. The first-order valence-corrected chi connectivity index (χ1v) is 15.0. The van der Waals surface area contributed by atoms with E-state index in [0.717, 1.165) is 17.9 Å². The molecule has 0 aliphatic carbocycles. The van der Waals surface area contributed by atoms with E-state index >= 15 is 0 Å². The predicted octanol–water partition coefficient (Wildman–Crippen LogP) is 6.07. The van der Waals surface area contributed by atoms with Crippen LogP contribution >= 0.6 is 19.8 Å². The number of alkyl halides is 2. The van der Waals surface area contributed by atoms with E-state index in [2.05, 4.69) is 55.2 Å². The van der Waals surface area contributed by atoms with Crippen LogP contribution in [0.25, 0.3) is 0 Å². The number of carbonyl (C=O) groups excluding carboxylic acids is 1. The molecule has 1 aliphatic heterocycles. The first-order valence-electron chi connectivity index (χ1n) is 10.3. The Labute approximate surface area is 176 Å². The Morgan fingerprint density at radius 2 is 1.79 bits per heavy atom. The molecule has 0 saturated carbocycles. The van der Waals surface area contributed by atoms with Crippen LogP contribution in [0.15, 0.2) is 48.5 Å². The molecule has 0 bridgehead atoms. The molecule has 1 aliphatic rings. The molecule has 3 nitrogen and oxygen atoms in total. The maximum absolute atomic E-state index is 12.5. The van der Waals surface area contributed by atoms with Gasteiger partial charge in [0.1, 0.15) is 0 Å². The molecule has 0 aromatic heterocycles. The Kier molecular flexibility index (Phi) is 7.77. The van der Waals surface area contributed by atoms with Crippen LogP contribution in [-0.4, -0.2) is 27.9 Å². The fourth-order valence-electron chi connectivity index (χ4n) is 3.55. The van der Waals surface area contributed by atoms with Crippen LogP contribution in [0.2, 0.25) is 0 Å². The molecule has 4 heteroatoms. The molecule has 1 atom stereocenters. The second kappa shape index (κ2) is 10.3. The number of ether oxygens (including phenoxy) is 1. The second-order valence-corrected chi connectivity index (χ2v) is 13.2. The molecule has 0 spiro atoms. The topological polar surface area (TPSA) is 29.5 Å². The van der Waals surface area contributed by atoms with Gasteiger partial charge in [-0.15, -0.1) is 0 Å². The van der Waals surface area contributed by atoms with Gasteiger partial charge in [-0.25, -0.2) is 0 Å². The number of hydrogen-bond donors (Lipinski definition) is 0. The standard InChI is InChI=1S/C24H32INO2/c1-4-5-6-17-25(3)20-9-11-21(12-10-20)26-22(13-16-24(26)27)18-28-23-14-7-19(2)8-15-23/h7-12,14-15,22H,4-6,13,16-18H2,1-3H3. The molecular weight excluding hydrogens is 461 g/mol. The van der Waals surface area contributed by atoms with Gasteiger partial charge in [-0.2, -0.15) is 0 Å². The fraction of sp³-hybridized carbons (Fsp3) is 0.458. The van der Waals surface area contributed by atoms with Crippen molar-refractivity contribution in [1.29, 1.82) is 0 Å². The van der Waals surface area contributed by atoms with Gasteiger partial charge in [0, 0.05) is 0 Å². The molecule has 1 amide bonds. The summed E-state index contributed by atoms with van der Waals surface area (Å²) in [6, 6.07) is 17.0. The van der Waals surface area contributed by atoms with Gasteiger partial charge >= 0.3 is 170 Å². The van der Waals surface area contributed by atoms with Crippen molar-refractivity contribution in [3.63, 3.8) is 0 Å². The summed E-state index contributed by atoms with van der Waals surface area (Å²) >= 11 is -1.05. The number of hydrogen-bond acceptors (Lipinski definition) is 2. The normalized spacial score (nSPS) is 17.1. The molecule has 1 unspecified atom stereocenters. The minimum atomic E-state index is -1.05. The number of benzene rings is 2. The molecule has 1 fully saturated rings. The van der Waals surface area contributed by atoms with E-state index in [0.29, 0.717) is 13.0 Å². The maximum atomic E-state index is 12.5. The van der Waals surface area contributed by atoms with Crippen LogP contribution in [0.3, 0.4) is 0 Å². The van der Waals surface area contributed by atoms with Crippen molar-refractivity contribution in [3.8, 4) is 5.75 Å². The van der Waals surface area contributed by atoms with Crippen molar-refractivity contribution < 1.29 is 9.53 Å². The predicted molar refractivity (Wildman–Crippen MR) is 127 cm³/mol. The molecular formula is C24H32INO2. The van der Waals surface area contributed by atoms with Gasteiger partial charge in [0.2, 0.25) is 0 Å². The molecule has 3 rings (SSSR count). The number of aryl methyl sites for hydroxylation is 1. The van der Waals surface area contributed by atoms with Crippen LogP contribution in [-0.2, 0) is 4.79 Å². The Balaban J connectivity index is 1.62. The molecule has 1 heterocycles. The third kappa shape index (κ3) is 5.49. The fourth-order valence-corrected chi connectivity index (χ4v) is 7.45. The van der Waals surface area contributed by atoms with Gasteiger partial charge in [0.25, 0.3) is 0 Å². The first-order chi connectivity index (χ1) is 13.6. The second-order valence-electron chi connectivity index (χ2n) is 7.54. The van der Waals surface area contributed by atoms with Gasteiger partial charge in [-0.3, -0.25) is 0 Å². The van der Waals surface area contributed by atoms with E-state index in [-0.39, 0.29) is 11.9 Å². The quantitative estimate of drug-likeness (QED) is 0.241. The average molecular weight is 493 g/mol. The van der Waals surface area contributed by atoms with Gasteiger partial charge in [-0.1, -0.05) is 0 Å². The Hall–Kier alpha value is -1.56. The number of unbranched alkanes of at least 4 members (excludes halogenated alkanes) is 2. The number of anilines is 1. The van der Waals surface area contributed by atoms with Gasteiger partial charge < -0.3 is 0 Å². The zero-order chi connectivity index (χ0) is 19.9. The third-order valence-electron chi connectivity index (χ3n) is 5.29. The van der Waals surface area contributed by atoms with Gasteiger partial charge in [-0.05, 0) is 6.92 Å². The van der Waals surface area contributed by atoms with Crippen LogP contribution in [0.4, 0.5) is 5.69 Å². The van der Waals surface area contributed by atoms with Crippen molar-refractivity contribution in [2.24, 2.45) is 0 Å². The van der Waals surface area contributed by atoms with Crippen LogP contribution in [0, 0.1) is 10.5 Å². The van der Waals surface area contributed by atoms with Crippen molar-refractivity contribution in [2.75, 3.05) is 20.9 Å². The van der Waals surface area contributed by atoms with E-state index in [1.807, 2.05) is 17.0 Å². The number of amides is 1. The van der Waals surface area contributed by atoms with Crippen LogP contribution < -0.4 is 9.64 Å². The van der Waals surface area contributed by atoms with Crippen molar-refractivity contribution >= 4 is 31.4 Å². The summed E-state index contributed by atoms with van der Waals surface area (Å²) in [5, 5.41) is 0. The number of carbonyl (C=O) groups is 1. The van der Waals surface area contributed by atoms with Gasteiger partial charge in [0.15, 0.2) is 0 Å². The number of rotatable bonds is 9. The third-order valence-corrected chi connectivity index (χ3v) is 10.5. The Morgan fingerprint density at radius 1 is 1.07 bits per heavy atom.